The number of esters is 1. The lowest BCUT2D eigenvalue weighted by molar-refractivity contribution is -0.148. The minimum absolute atomic E-state index is 0.0482. The first-order valence-corrected chi connectivity index (χ1v) is 7.13. The van der Waals surface area contributed by atoms with Crippen LogP contribution < -0.4 is 4.90 Å². The van der Waals surface area contributed by atoms with Crippen LogP contribution in [0.15, 0.2) is 30.6 Å². The van der Waals surface area contributed by atoms with E-state index in [1.807, 2.05) is 31.5 Å². The molecule has 0 unspecified atom stereocenters. The molecule has 1 fully saturated rings. The van der Waals surface area contributed by atoms with Gasteiger partial charge in [0.2, 0.25) is 0 Å². The van der Waals surface area contributed by atoms with Gasteiger partial charge >= 0.3 is 5.97 Å². The van der Waals surface area contributed by atoms with Crippen molar-refractivity contribution in [2.24, 2.45) is 5.92 Å². The van der Waals surface area contributed by atoms with Gasteiger partial charge in [-0.05, 0) is 31.9 Å². The van der Waals surface area contributed by atoms with E-state index in [0.717, 1.165) is 37.4 Å². The van der Waals surface area contributed by atoms with Crippen molar-refractivity contribution in [3.63, 3.8) is 0 Å². The Morgan fingerprint density at radius 1 is 1.40 bits per heavy atom. The third-order valence-electron chi connectivity index (χ3n) is 3.85. The van der Waals surface area contributed by atoms with Crippen LogP contribution in [0.1, 0.15) is 19.8 Å². The molecular weight excluding hydrogens is 254 g/mol. The lowest BCUT2D eigenvalue weighted by Crippen LogP contribution is -2.37. The van der Waals surface area contributed by atoms with Gasteiger partial charge in [0.15, 0.2) is 0 Å². The highest BCUT2D eigenvalue weighted by Crippen LogP contribution is 2.24. The summed E-state index contributed by atoms with van der Waals surface area (Å²) in [5.41, 5.74) is 0.954. The molecule has 5 heteroatoms. The van der Waals surface area contributed by atoms with Crippen molar-refractivity contribution in [3.05, 3.63) is 30.6 Å². The zero-order valence-electron chi connectivity index (χ0n) is 11.7. The number of imidazole rings is 1. The molecule has 106 valence electrons. The van der Waals surface area contributed by atoms with Crippen LogP contribution in [-0.4, -0.2) is 35.1 Å². The van der Waals surface area contributed by atoms with Crippen molar-refractivity contribution in [1.29, 1.82) is 0 Å². The van der Waals surface area contributed by atoms with E-state index >= 15 is 0 Å². The first-order chi connectivity index (χ1) is 9.79. The summed E-state index contributed by atoms with van der Waals surface area (Å²) in [5.74, 6) is 1.14. The molecule has 0 aliphatic carbocycles. The maximum atomic E-state index is 11.8. The molecule has 5 nitrogen and oxygen atoms in total. The molecule has 1 aliphatic heterocycles. The first kappa shape index (κ1) is 13.0. The Morgan fingerprint density at radius 2 is 2.20 bits per heavy atom. The molecule has 0 bridgehead atoms. The van der Waals surface area contributed by atoms with Crippen LogP contribution in [-0.2, 0) is 9.53 Å². The lowest BCUT2D eigenvalue weighted by Gasteiger charge is -2.32. The highest BCUT2D eigenvalue weighted by molar-refractivity contribution is 5.72. The summed E-state index contributed by atoms with van der Waals surface area (Å²) >= 11 is 0. The van der Waals surface area contributed by atoms with E-state index in [4.69, 9.17) is 4.74 Å². The Balaban J connectivity index is 1.72. The van der Waals surface area contributed by atoms with Gasteiger partial charge in [-0.15, -0.1) is 0 Å². The predicted molar refractivity (Wildman–Crippen MR) is 76.8 cm³/mol. The number of piperidine rings is 1. The zero-order valence-corrected chi connectivity index (χ0v) is 11.7. The van der Waals surface area contributed by atoms with Gasteiger partial charge in [0.1, 0.15) is 11.5 Å². The minimum Gasteiger partial charge on any atom is -0.466 e. The quantitative estimate of drug-likeness (QED) is 0.804. The Bertz CT molecular complexity index is 600. The maximum Gasteiger partial charge on any atom is 0.309 e. The summed E-state index contributed by atoms with van der Waals surface area (Å²) in [6, 6.07) is 6.11. The molecule has 0 saturated carbocycles. The number of carbonyl (C=O) groups is 1. The lowest BCUT2D eigenvalue weighted by atomic mass is 9.97. The summed E-state index contributed by atoms with van der Waals surface area (Å²) in [5, 5.41) is 0. The summed E-state index contributed by atoms with van der Waals surface area (Å²) in [7, 11) is 0. The van der Waals surface area contributed by atoms with Crippen LogP contribution in [0.4, 0.5) is 5.82 Å². The zero-order chi connectivity index (χ0) is 13.9. The van der Waals surface area contributed by atoms with Crippen LogP contribution in [0.2, 0.25) is 0 Å². The number of fused-ring (bicyclic) bond motifs is 1. The SMILES string of the molecule is CCOC(=O)C1CCN(c2cccc3nccn23)CC1. The second kappa shape index (κ2) is 5.53. The smallest absolute Gasteiger partial charge is 0.309 e. The number of pyridine rings is 1. The summed E-state index contributed by atoms with van der Waals surface area (Å²) in [6.45, 7) is 4.07. The number of hydrogen-bond acceptors (Lipinski definition) is 4. The molecule has 1 saturated heterocycles. The Morgan fingerprint density at radius 3 is 2.95 bits per heavy atom. The first-order valence-electron chi connectivity index (χ1n) is 7.13. The Hall–Kier alpha value is -2.04. The molecule has 1 aliphatic rings. The van der Waals surface area contributed by atoms with Gasteiger partial charge in [0.25, 0.3) is 0 Å². The van der Waals surface area contributed by atoms with Gasteiger partial charge in [-0.3, -0.25) is 9.20 Å². The molecule has 3 rings (SSSR count). The topological polar surface area (TPSA) is 46.8 Å². The van der Waals surface area contributed by atoms with E-state index in [-0.39, 0.29) is 11.9 Å². The number of ether oxygens (including phenoxy) is 1. The molecule has 0 N–H and O–H groups in total. The van der Waals surface area contributed by atoms with Gasteiger partial charge in [0.05, 0.1) is 12.5 Å². The molecule has 0 spiro atoms. The van der Waals surface area contributed by atoms with Crippen molar-refractivity contribution < 1.29 is 9.53 Å². The van der Waals surface area contributed by atoms with Crippen LogP contribution in [0, 0.1) is 5.92 Å². The van der Waals surface area contributed by atoms with Crippen LogP contribution in [0.3, 0.4) is 0 Å². The van der Waals surface area contributed by atoms with Gasteiger partial charge in [-0.2, -0.15) is 0 Å². The molecule has 0 aromatic carbocycles. The van der Waals surface area contributed by atoms with E-state index in [2.05, 4.69) is 20.4 Å². The van der Waals surface area contributed by atoms with Gasteiger partial charge in [0, 0.05) is 25.5 Å². The molecule has 0 atom stereocenters. The molecule has 2 aromatic rings. The van der Waals surface area contributed by atoms with E-state index in [0.29, 0.717) is 6.61 Å². The van der Waals surface area contributed by atoms with Crippen molar-refractivity contribution in [3.8, 4) is 0 Å². The second-order valence-corrected chi connectivity index (χ2v) is 5.05. The largest absolute Gasteiger partial charge is 0.466 e. The predicted octanol–water partition coefficient (Wildman–Crippen LogP) is 2.11. The van der Waals surface area contributed by atoms with E-state index in [9.17, 15) is 4.79 Å². The number of rotatable bonds is 3. The van der Waals surface area contributed by atoms with Crippen molar-refractivity contribution >= 4 is 17.4 Å². The monoisotopic (exact) mass is 273 g/mol. The standard InChI is InChI=1S/C15H19N3O2/c1-2-20-15(19)12-6-9-17(10-7-12)14-5-3-4-13-16-8-11-18(13)14/h3-5,8,11-12H,2,6-7,9-10H2,1H3. The Kier molecular flexibility index (Phi) is 3.58. The van der Waals surface area contributed by atoms with Crippen LogP contribution >= 0.6 is 0 Å². The average molecular weight is 273 g/mol. The number of anilines is 1. The number of hydrogen-bond donors (Lipinski definition) is 0. The summed E-state index contributed by atoms with van der Waals surface area (Å²) in [4.78, 5) is 18.4. The van der Waals surface area contributed by atoms with Crippen molar-refractivity contribution in [2.75, 3.05) is 24.6 Å². The molecule has 2 aromatic heterocycles. The average Bonchev–Trinajstić information content (AvgIpc) is 2.96. The minimum atomic E-state index is -0.0482. The Labute approximate surface area is 118 Å². The van der Waals surface area contributed by atoms with Crippen molar-refractivity contribution in [1.82, 2.24) is 9.38 Å². The van der Waals surface area contributed by atoms with E-state index < -0.39 is 0 Å². The second-order valence-electron chi connectivity index (χ2n) is 5.05. The highest BCUT2D eigenvalue weighted by atomic mass is 16.5. The van der Waals surface area contributed by atoms with Crippen molar-refractivity contribution in [2.45, 2.75) is 19.8 Å². The maximum absolute atomic E-state index is 11.8. The molecular formula is C15H19N3O2. The fourth-order valence-electron chi connectivity index (χ4n) is 2.79. The van der Waals surface area contributed by atoms with E-state index in [1.54, 1.807) is 0 Å². The fourth-order valence-corrected chi connectivity index (χ4v) is 2.79. The normalized spacial score (nSPS) is 16.6. The van der Waals surface area contributed by atoms with Gasteiger partial charge < -0.3 is 9.64 Å². The highest BCUT2D eigenvalue weighted by Gasteiger charge is 2.26. The summed E-state index contributed by atoms with van der Waals surface area (Å²) in [6.07, 6.45) is 5.49. The van der Waals surface area contributed by atoms with E-state index in [1.165, 1.54) is 0 Å². The van der Waals surface area contributed by atoms with Gasteiger partial charge in [-0.25, -0.2) is 4.98 Å². The molecule has 3 heterocycles. The molecule has 0 radical (unpaired) electrons. The molecule has 20 heavy (non-hydrogen) atoms. The number of nitrogens with zero attached hydrogens (tertiary/aromatic N) is 3. The van der Waals surface area contributed by atoms with Crippen LogP contribution in [0.5, 0.6) is 0 Å². The fraction of sp³-hybridized carbons (Fsp3) is 0.467. The third-order valence-corrected chi connectivity index (χ3v) is 3.85. The number of carbonyl (C=O) groups excluding carboxylic acids is 1. The van der Waals surface area contributed by atoms with Crippen LogP contribution in [0.25, 0.3) is 5.65 Å². The molecule has 0 amide bonds. The number of aromatic nitrogens is 2. The third kappa shape index (κ3) is 2.35. The summed E-state index contributed by atoms with van der Waals surface area (Å²) < 4.78 is 7.20. The van der Waals surface area contributed by atoms with Gasteiger partial charge in [-0.1, -0.05) is 6.07 Å².